The Bertz CT molecular complexity index is 662. The van der Waals surface area contributed by atoms with E-state index in [-0.39, 0.29) is 25.0 Å². The monoisotopic (exact) mass is 407 g/mol. The van der Waals surface area contributed by atoms with Crippen molar-refractivity contribution in [3.05, 3.63) is 16.1 Å². The highest BCUT2D eigenvalue weighted by Crippen LogP contribution is 2.31. The van der Waals surface area contributed by atoms with Crippen LogP contribution in [0.5, 0.6) is 0 Å². The summed E-state index contributed by atoms with van der Waals surface area (Å²) in [7, 11) is 0. The second kappa shape index (κ2) is 8.45. The van der Waals surface area contributed by atoms with E-state index in [1.54, 1.807) is 10.3 Å². The van der Waals surface area contributed by atoms with Gasteiger partial charge in [-0.25, -0.2) is 9.78 Å². The summed E-state index contributed by atoms with van der Waals surface area (Å²) in [6.45, 7) is 6.52. The van der Waals surface area contributed by atoms with Gasteiger partial charge >= 0.3 is 18.2 Å². The third-order valence-electron chi connectivity index (χ3n) is 3.99. The number of thiazole rings is 1. The molecule has 2 amide bonds. The molecule has 152 valence electrons. The molecule has 1 aromatic heterocycles. The zero-order valence-electron chi connectivity index (χ0n) is 15.6. The van der Waals surface area contributed by atoms with Crippen molar-refractivity contribution in [3.8, 4) is 0 Å². The lowest BCUT2D eigenvalue weighted by molar-refractivity contribution is -0.173. The van der Waals surface area contributed by atoms with E-state index in [1.807, 2.05) is 26.1 Å². The summed E-state index contributed by atoms with van der Waals surface area (Å²) < 4.78 is 41.8. The van der Waals surface area contributed by atoms with Gasteiger partial charge in [0.25, 0.3) is 0 Å². The van der Waals surface area contributed by atoms with Gasteiger partial charge in [0.05, 0.1) is 10.7 Å². The van der Waals surface area contributed by atoms with Crippen LogP contribution in [0, 0.1) is 0 Å². The first-order valence-electron chi connectivity index (χ1n) is 8.73. The van der Waals surface area contributed by atoms with Crippen molar-refractivity contribution in [2.75, 3.05) is 19.6 Å². The van der Waals surface area contributed by atoms with Gasteiger partial charge < -0.3 is 15.0 Å². The van der Waals surface area contributed by atoms with Gasteiger partial charge in [0.15, 0.2) is 0 Å². The number of rotatable bonds is 4. The molecule has 0 atom stereocenters. The van der Waals surface area contributed by atoms with Gasteiger partial charge in [-0.2, -0.15) is 13.2 Å². The molecule has 0 saturated carbocycles. The quantitative estimate of drug-likeness (QED) is 0.830. The van der Waals surface area contributed by atoms with E-state index < -0.39 is 17.7 Å². The minimum absolute atomic E-state index is 0.112. The highest BCUT2D eigenvalue weighted by atomic mass is 32.1. The molecule has 1 aliphatic heterocycles. The molecule has 10 heteroatoms. The molecule has 6 nitrogen and oxygen atoms in total. The molecule has 0 aliphatic carbocycles. The van der Waals surface area contributed by atoms with Crippen LogP contribution in [0.25, 0.3) is 0 Å². The number of alkyl halides is 3. The van der Waals surface area contributed by atoms with E-state index in [2.05, 4.69) is 4.98 Å². The Kier molecular flexibility index (Phi) is 6.72. The fourth-order valence-corrected chi connectivity index (χ4v) is 3.69. The summed E-state index contributed by atoms with van der Waals surface area (Å²) in [6, 6.07) is 0. The minimum Gasteiger partial charge on any atom is -0.444 e. The number of hydrogen-bond donors (Lipinski definition) is 1. The first-order chi connectivity index (χ1) is 12.5. The lowest BCUT2D eigenvalue weighted by atomic mass is 9.98. The standard InChI is InChI=1S/C17H24F3N3O3S/c1-16(2,3)26-15(25)23-8-5-11(6-9-23)13-22-12(10-27-13)4-7-21-14(24)17(18,19)20/h10-11H,4-9H2,1-3H3,(H,21,24). The zero-order chi connectivity index (χ0) is 20.2. The number of aromatic nitrogens is 1. The Balaban J connectivity index is 1.79. The lowest BCUT2D eigenvalue weighted by Crippen LogP contribution is -2.41. The van der Waals surface area contributed by atoms with Crippen molar-refractivity contribution in [3.63, 3.8) is 0 Å². The molecule has 1 aromatic rings. The molecule has 1 fully saturated rings. The van der Waals surface area contributed by atoms with E-state index in [4.69, 9.17) is 4.74 Å². The van der Waals surface area contributed by atoms with Crippen LogP contribution in [0.15, 0.2) is 5.38 Å². The highest BCUT2D eigenvalue weighted by Gasteiger charge is 2.38. The molecule has 1 N–H and O–H groups in total. The number of piperidine rings is 1. The van der Waals surface area contributed by atoms with Crippen LogP contribution in [0.2, 0.25) is 0 Å². The maximum atomic E-state index is 12.1. The van der Waals surface area contributed by atoms with Crippen molar-refractivity contribution in [1.29, 1.82) is 0 Å². The van der Waals surface area contributed by atoms with Gasteiger partial charge in [-0.3, -0.25) is 4.79 Å². The second-order valence-corrected chi connectivity index (χ2v) is 8.31. The Morgan fingerprint density at radius 1 is 1.30 bits per heavy atom. The predicted molar refractivity (Wildman–Crippen MR) is 94.7 cm³/mol. The van der Waals surface area contributed by atoms with Gasteiger partial charge in [0, 0.05) is 37.4 Å². The van der Waals surface area contributed by atoms with E-state index >= 15 is 0 Å². The summed E-state index contributed by atoms with van der Waals surface area (Å²) in [5.41, 5.74) is 0.131. The summed E-state index contributed by atoms with van der Waals surface area (Å²) in [5.74, 6) is -1.72. The number of amides is 2. The Labute approximate surface area is 160 Å². The average molecular weight is 407 g/mol. The molecule has 1 saturated heterocycles. The zero-order valence-corrected chi connectivity index (χ0v) is 16.4. The Morgan fingerprint density at radius 2 is 1.93 bits per heavy atom. The van der Waals surface area contributed by atoms with E-state index in [0.29, 0.717) is 18.8 Å². The first-order valence-corrected chi connectivity index (χ1v) is 9.61. The molecule has 1 aliphatic rings. The normalized spacial score (nSPS) is 16.3. The molecule has 2 heterocycles. The number of nitrogens with zero attached hydrogens (tertiary/aromatic N) is 2. The number of hydrogen-bond acceptors (Lipinski definition) is 5. The van der Waals surface area contributed by atoms with E-state index in [0.717, 1.165) is 17.8 Å². The Morgan fingerprint density at radius 3 is 2.48 bits per heavy atom. The summed E-state index contributed by atoms with van der Waals surface area (Å²) in [6.07, 6.45) is -3.42. The highest BCUT2D eigenvalue weighted by molar-refractivity contribution is 7.09. The fourth-order valence-electron chi connectivity index (χ4n) is 2.66. The number of carbonyl (C=O) groups excluding carboxylic acids is 2. The van der Waals surface area contributed by atoms with Crippen LogP contribution in [-0.4, -0.2) is 53.3 Å². The molecule has 0 spiro atoms. The SMILES string of the molecule is CC(C)(C)OC(=O)N1CCC(c2nc(CCNC(=O)C(F)(F)F)cs2)CC1. The van der Waals surface area contributed by atoms with Gasteiger partial charge in [-0.05, 0) is 33.6 Å². The van der Waals surface area contributed by atoms with Crippen molar-refractivity contribution in [2.45, 2.75) is 57.7 Å². The van der Waals surface area contributed by atoms with Crippen molar-refractivity contribution < 1.29 is 27.5 Å². The number of ether oxygens (including phenoxy) is 1. The molecule has 0 radical (unpaired) electrons. The van der Waals surface area contributed by atoms with Gasteiger partial charge in [-0.1, -0.05) is 0 Å². The van der Waals surface area contributed by atoms with Crippen molar-refractivity contribution >= 4 is 23.3 Å². The number of nitrogens with one attached hydrogen (secondary N) is 1. The second-order valence-electron chi connectivity index (χ2n) is 7.42. The molecular formula is C17H24F3N3O3S. The van der Waals surface area contributed by atoms with Crippen LogP contribution in [0.4, 0.5) is 18.0 Å². The Hall–Kier alpha value is -1.84. The van der Waals surface area contributed by atoms with Crippen LogP contribution in [0.3, 0.4) is 0 Å². The average Bonchev–Trinajstić information content (AvgIpc) is 3.01. The fraction of sp³-hybridized carbons (Fsp3) is 0.706. The third-order valence-corrected chi connectivity index (χ3v) is 5.05. The number of likely N-dealkylation sites (tertiary alicyclic amines) is 1. The maximum Gasteiger partial charge on any atom is 0.471 e. The van der Waals surface area contributed by atoms with E-state index in [1.165, 1.54) is 11.3 Å². The van der Waals surface area contributed by atoms with Gasteiger partial charge in [0.2, 0.25) is 0 Å². The first kappa shape index (κ1) is 21.5. The van der Waals surface area contributed by atoms with Crippen LogP contribution < -0.4 is 5.32 Å². The molecule has 0 aromatic carbocycles. The maximum absolute atomic E-state index is 12.1. The van der Waals surface area contributed by atoms with Crippen molar-refractivity contribution in [2.24, 2.45) is 0 Å². The minimum atomic E-state index is -4.87. The predicted octanol–water partition coefficient (Wildman–Crippen LogP) is 3.48. The largest absolute Gasteiger partial charge is 0.471 e. The van der Waals surface area contributed by atoms with Crippen LogP contribution in [0.1, 0.15) is 50.2 Å². The molecule has 0 bridgehead atoms. The van der Waals surface area contributed by atoms with E-state index in [9.17, 15) is 22.8 Å². The number of halogens is 3. The molecular weight excluding hydrogens is 383 g/mol. The topological polar surface area (TPSA) is 71.5 Å². The molecule has 0 unspecified atom stereocenters. The lowest BCUT2D eigenvalue weighted by Gasteiger charge is -2.32. The van der Waals surface area contributed by atoms with Crippen LogP contribution >= 0.6 is 11.3 Å². The molecule has 27 heavy (non-hydrogen) atoms. The summed E-state index contributed by atoms with van der Waals surface area (Å²) in [4.78, 5) is 29.0. The smallest absolute Gasteiger partial charge is 0.444 e. The van der Waals surface area contributed by atoms with Gasteiger partial charge in [0.1, 0.15) is 5.60 Å². The number of carbonyl (C=O) groups is 2. The van der Waals surface area contributed by atoms with Gasteiger partial charge in [-0.15, -0.1) is 11.3 Å². The summed E-state index contributed by atoms with van der Waals surface area (Å²) >= 11 is 1.46. The third kappa shape index (κ3) is 6.67. The van der Waals surface area contributed by atoms with Crippen molar-refractivity contribution in [1.82, 2.24) is 15.2 Å². The summed E-state index contributed by atoms with van der Waals surface area (Å²) in [5, 5.41) is 4.55. The molecule has 2 rings (SSSR count). The van der Waals surface area contributed by atoms with Crippen LogP contribution in [-0.2, 0) is 16.0 Å².